The van der Waals surface area contributed by atoms with Crippen LogP contribution in [0.5, 0.6) is 11.5 Å². The zero-order valence-corrected chi connectivity index (χ0v) is 22.8. The number of para-hydroxylation sites is 1. The first-order valence-corrected chi connectivity index (χ1v) is 13.5. The van der Waals surface area contributed by atoms with E-state index in [1.54, 1.807) is 36.4 Å². The summed E-state index contributed by atoms with van der Waals surface area (Å²) in [6, 6.07) is 21.5. The Morgan fingerprint density at radius 3 is 1.90 bits per heavy atom. The van der Waals surface area contributed by atoms with Crippen molar-refractivity contribution < 1.29 is 33.3 Å². The van der Waals surface area contributed by atoms with E-state index >= 15 is 0 Å². The van der Waals surface area contributed by atoms with Crippen LogP contribution in [0.4, 0.5) is 22.7 Å². The van der Waals surface area contributed by atoms with Gasteiger partial charge in [-0.25, -0.2) is 0 Å². The third-order valence-corrected chi connectivity index (χ3v) is 5.73. The maximum Gasteiger partial charge on any atom is 0.224 e. The Balaban J connectivity index is 1.29. The highest BCUT2D eigenvalue weighted by Crippen LogP contribution is 2.31. The van der Waals surface area contributed by atoms with Crippen LogP contribution in [-0.4, -0.2) is 64.7 Å². The smallest absolute Gasteiger partial charge is 0.224 e. The predicted octanol–water partition coefficient (Wildman–Crippen LogP) is 5.28. The molecule has 11 nitrogen and oxygen atoms in total. The number of carbonyl (C=O) groups excluding carboxylic acids is 2. The number of nitrogens with zero attached hydrogens (tertiary/aromatic N) is 2. The van der Waals surface area contributed by atoms with Crippen molar-refractivity contribution >= 4 is 34.6 Å². The van der Waals surface area contributed by atoms with E-state index in [4.69, 9.17) is 23.7 Å². The average molecular weight is 563 g/mol. The molecule has 0 unspecified atom stereocenters. The number of benzene rings is 3. The molecule has 3 aromatic rings. The minimum atomic E-state index is -0.313. The first-order chi connectivity index (χ1) is 20.2. The monoisotopic (exact) mass is 562 g/mol. The Bertz CT molecular complexity index is 1290. The third kappa shape index (κ3) is 10.6. The quantitative estimate of drug-likeness (QED) is 0.375. The molecule has 0 bridgehead atoms. The normalized spacial score (nSPS) is 14.9. The molecule has 1 heterocycles. The molecule has 0 radical (unpaired) electrons. The summed E-state index contributed by atoms with van der Waals surface area (Å²) >= 11 is 0. The van der Waals surface area contributed by atoms with Crippen molar-refractivity contribution in [2.45, 2.75) is 12.8 Å². The number of rotatable bonds is 7. The van der Waals surface area contributed by atoms with Crippen molar-refractivity contribution in [1.82, 2.24) is 0 Å². The van der Waals surface area contributed by atoms with Crippen LogP contribution in [0.1, 0.15) is 12.8 Å². The van der Waals surface area contributed by atoms with Gasteiger partial charge < -0.3 is 34.3 Å². The van der Waals surface area contributed by atoms with Crippen LogP contribution in [0.2, 0.25) is 0 Å². The maximum absolute atomic E-state index is 12.6. The molecule has 0 saturated heterocycles. The Kier molecular flexibility index (Phi) is 12.1. The SMILES string of the molecule is O=C(CCC(=O)Nc1ccccc1N=Nc1ccccc1)Nc1ccc2c(c1)OCCOCCOCCOCCO2. The van der Waals surface area contributed by atoms with Gasteiger partial charge in [-0.2, -0.15) is 5.11 Å². The molecule has 1 aliphatic heterocycles. The van der Waals surface area contributed by atoms with Gasteiger partial charge >= 0.3 is 0 Å². The molecule has 0 atom stereocenters. The number of ether oxygens (including phenoxy) is 5. The van der Waals surface area contributed by atoms with Crippen molar-refractivity contribution in [3.63, 3.8) is 0 Å². The molecule has 2 amide bonds. The van der Waals surface area contributed by atoms with Gasteiger partial charge in [0.25, 0.3) is 0 Å². The summed E-state index contributed by atoms with van der Waals surface area (Å²) in [7, 11) is 0. The summed E-state index contributed by atoms with van der Waals surface area (Å²) in [5, 5.41) is 14.1. The van der Waals surface area contributed by atoms with Crippen LogP contribution in [0.3, 0.4) is 0 Å². The van der Waals surface area contributed by atoms with Crippen LogP contribution in [0.25, 0.3) is 0 Å². The molecular formula is C30H34N4O7. The van der Waals surface area contributed by atoms with Crippen LogP contribution < -0.4 is 20.1 Å². The first-order valence-electron chi connectivity index (χ1n) is 13.5. The number of amides is 2. The second kappa shape index (κ2) is 16.7. The number of hydrogen-bond acceptors (Lipinski definition) is 9. The number of nitrogens with one attached hydrogen (secondary N) is 2. The minimum absolute atomic E-state index is 0.0123. The molecule has 0 aromatic heterocycles. The maximum atomic E-state index is 12.6. The van der Waals surface area contributed by atoms with E-state index in [1.165, 1.54) is 0 Å². The number of anilines is 2. The fraction of sp³-hybridized carbons (Fsp3) is 0.333. The highest BCUT2D eigenvalue weighted by molar-refractivity contribution is 5.98. The van der Waals surface area contributed by atoms with Crippen molar-refractivity contribution in [2.24, 2.45) is 10.2 Å². The summed E-state index contributed by atoms with van der Waals surface area (Å²) in [6.07, 6.45) is -0.0250. The predicted molar refractivity (Wildman–Crippen MR) is 153 cm³/mol. The van der Waals surface area contributed by atoms with E-state index < -0.39 is 0 Å². The Hall–Kier alpha value is -4.32. The number of azo groups is 1. The fourth-order valence-corrected chi connectivity index (χ4v) is 3.72. The van der Waals surface area contributed by atoms with Gasteiger partial charge in [0.05, 0.1) is 51.0 Å². The van der Waals surface area contributed by atoms with E-state index in [-0.39, 0.29) is 24.7 Å². The highest BCUT2D eigenvalue weighted by Gasteiger charge is 2.13. The zero-order chi connectivity index (χ0) is 28.5. The van der Waals surface area contributed by atoms with E-state index in [1.807, 2.05) is 36.4 Å². The summed E-state index contributed by atoms with van der Waals surface area (Å²) in [6.45, 7) is 3.33. The van der Waals surface area contributed by atoms with E-state index in [0.29, 0.717) is 87.1 Å². The third-order valence-electron chi connectivity index (χ3n) is 5.73. The Morgan fingerprint density at radius 2 is 1.20 bits per heavy atom. The van der Waals surface area contributed by atoms with Gasteiger partial charge in [0.15, 0.2) is 11.5 Å². The van der Waals surface area contributed by atoms with Gasteiger partial charge in [0, 0.05) is 24.6 Å². The lowest BCUT2D eigenvalue weighted by molar-refractivity contribution is -0.121. The number of fused-ring (bicyclic) bond motifs is 1. The molecule has 11 heteroatoms. The molecule has 0 fully saturated rings. The Morgan fingerprint density at radius 1 is 0.610 bits per heavy atom. The second-order valence-corrected chi connectivity index (χ2v) is 8.84. The van der Waals surface area contributed by atoms with Gasteiger partial charge in [0.1, 0.15) is 18.9 Å². The van der Waals surface area contributed by atoms with Gasteiger partial charge in [0.2, 0.25) is 11.8 Å². The first kappa shape index (κ1) is 29.7. The lowest BCUT2D eigenvalue weighted by Crippen LogP contribution is -2.17. The molecule has 1 aliphatic rings. The van der Waals surface area contributed by atoms with E-state index in [2.05, 4.69) is 20.9 Å². The standard InChI is InChI=1S/C30H34N4O7/c35-29(12-13-30(36)32-25-8-4-5-9-26(25)34-33-23-6-2-1-3-7-23)31-24-10-11-27-28(22-24)41-21-19-39-17-15-37-14-16-38-18-20-40-27/h1-11,22H,12-21H2,(H,31,35)(H,32,36). The van der Waals surface area contributed by atoms with Crippen molar-refractivity contribution in [2.75, 3.05) is 63.5 Å². The van der Waals surface area contributed by atoms with Gasteiger partial charge in [-0.15, -0.1) is 5.11 Å². The second-order valence-electron chi connectivity index (χ2n) is 8.84. The lowest BCUT2D eigenvalue weighted by Gasteiger charge is -2.15. The van der Waals surface area contributed by atoms with Crippen LogP contribution in [0, 0.1) is 0 Å². The number of carbonyl (C=O) groups is 2. The highest BCUT2D eigenvalue weighted by atomic mass is 16.6. The fourth-order valence-electron chi connectivity index (χ4n) is 3.72. The minimum Gasteiger partial charge on any atom is -0.487 e. The molecule has 0 saturated carbocycles. The van der Waals surface area contributed by atoms with Crippen molar-refractivity contribution in [3.05, 3.63) is 72.8 Å². The van der Waals surface area contributed by atoms with E-state index in [0.717, 1.165) is 0 Å². The summed E-state index contributed by atoms with van der Waals surface area (Å²) in [5.41, 5.74) is 2.25. The number of hydrogen-bond donors (Lipinski definition) is 2. The molecule has 0 aliphatic carbocycles. The van der Waals surface area contributed by atoms with Gasteiger partial charge in [-0.3, -0.25) is 9.59 Å². The molecule has 41 heavy (non-hydrogen) atoms. The van der Waals surface area contributed by atoms with E-state index in [9.17, 15) is 9.59 Å². The van der Waals surface area contributed by atoms with Crippen molar-refractivity contribution in [1.29, 1.82) is 0 Å². The molecule has 2 N–H and O–H groups in total. The van der Waals surface area contributed by atoms with Crippen molar-refractivity contribution in [3.8, 4) is 11.5 Å². The lowest BCUT2D eigenvalue weighted by atomic mass is 10.2. The van der Waals surface area contributed by atoms with Gasteiger partial charge in [-0.05, 0) is 36.4 Å². The zero-order valence-electron chi connectivity index (χ0n) is 22.8. The molecule has 0 spiro atoms. The molecule has 216 valence electrons. The molecule has 4 rings (SSSR count). The summed E-state index contributed by atoms with van der Waals surface area (Å²) in [4.78, 5) is 25.2. The van der Waals surface area contributed by atoms with Gasteiger partial charge in [-0.1, -0.05) is 30.3 Å². The summed E-state index contributed by atoms with van der Waals surface area (Å²) in [5.74, 6) is 0.371. The average Bonchev–Trinajstić information content (AvgIpc) is 3.00. The van der Waals surface area contributed by atoms with Crippen LogP contribution in [-0.2, 0) is 23.8 Å². The topological polar surface area (TPSA) is 129 Å². The molecular weight excluding hydrogens is 528 g/mol. The summed E-state index contributed by atoms with van der Waals surface area (Å²) < 4.78 is 28.1. The van der Waals surface area contributed by atoms with Crippen LogP contribution in [0.15, 0.2) is 83.0 Å². The van der Waals surface area contributed by atoms with Crippen LogP contribution >= 0.6 is 0 Å². The largest absolute Gasteiger partial charge is 0.487 e. The Labute approximate surface area is 238 Å². The molecule has 3 aromatic carbocycles.